The van der Waals surface area contributed by atoms with Gasteiger partial charge in [-0.2, -0.15) is 0 Å². The molecule has 1 rings (SSSR count). The molecule has 0 spiro atoms. The van der Waals surface area contributed by atoms with Gasteiger partial charge in [-0.05, 0) is 19.9 Å². The quantitative estimate of drug-likeness (QED) is 0.644. The second kappa shape index (κ2) is 5.11. The van der Waals surface area contributed by atoms with E-state index in [9.17, 15) is 9.59 Å². The van der Waals surface area contributed by atoms with E-state index in [1.165, 1.54) is 7.11 Å². The number of likely N-dealkylation sites (N-methyl/N-ethyl adjacent to an activating group) is 1. The maximum Gasteiger partial charge on any atom is 0.307 e. The Morgan fingerprint density at radius 3 is 2.93 bits per heavy atom. The predicted octanol–water partition coefficient (Wildman–Crippen LogP) is -0.242. The molecular weight excluding hydrogens is 196 g/mol. The number of carbonyl (C=O) groups excluding carboxylic acids is 2. The van der Waals surface area contributed by atoms with Gasteiger partial charge in [-0.3, -0.25) is 9.59 Å². The molecule has 0 bridgehead atoms. The fourth-order valence-corrected chi connectivity index (χ4v) is 1.62. The number of hydrogen-bond donors (Lipinski definition) is 1. The summed E-state index contributed by atoms with van der Waals surface area (Å²) in [4.78, 5) is 24.6. The van der Waals surface area contributed by atoms with Crippen LogP contribution in [0.25, 0.3) is 0 Å². The number of nitrogens with zero attached hydrogens (tertiary/aromatic N) is 1. The molecule has 1 heterocycles. The van der Waals surface area contributed by atoms with Crippen molar-refractivity contribution in [3.05, 3.63) is 0 Å². The molecule has 1 amide bonds. The fourth-order valence-electron chi connectivity index (χ4n) is 1.62. The predicted molar refractivity (Wildman–Crippen MR) is 55.3 cm³/mol. The summed E-state index contributed by atoms with van der Waals surface area (Å²) in [6, 6.07) is -0.222. The van der Waals surface area contributed by atoms with Crippen molar-refractivity contribution in [2.45, 2.75) is 31.8 Å². The van der Waals surface area contributed by atoms with Crippen molar-refractivity contribution in [2.24, 2.45) is 0 Å². The van der Waals surface area contributed by atoms with Crippen LogP contribution in [0.2, 0.25) is 0 Å². The normalized spacial score (nSPS) is 27.4. The molecule has 15 heavy (non-hydrogen) atoms. The number of methoxy groups -OCH3 is 1. The Bertz CT molecular complexity index is 255. The molecule has 5 heteroatoms. The van der Waals surface area contributed by atoms with Crippen LogP contribution in [0.15, 0.2) is 0 Å². The van der Waals surface area contributed by atoms with Crippen molar-refractivity contribution in [3.8, 4) is 0 Å². The smallest absolute Gasteiger partial charge is 0.307 e. The summed E-state index contributed by atoms with van der Waals surface area (Å²) < 4.78 is 4.55. The molecule has 1 aliphatic rings. The molecule has 0 aliphatic carbocycles. The third-order valence-corrected chi connectivity index (χ3v) is 2.86. The van der Waals surface area contributed by atoms with Gasteiger partial charge < -0.3 is 15.0 Å². The number of esters is 1. The van der Waals surface area contributed by atoms with Crippen molar-refractivity contribution >= 4 is 11.9 Å². The Morgan fingerprint density at radius 1 is 1.67 bits per heavy atom. The van der Waals surface area contributed by atoms with Crippen LogP contribution in [-0.4, -0.2) is 49.6 Å². The molecule has 1 N–H and O–H groups in total. The molecule has 5 nitrogen and oxygen atoms in total. The highest BCUT2D eigenvalue weighted by Crippen LogP contribution is 2.10. The van der Waals surface area contributed by atoms with Crippen LogP contribution < -0.4 is 5.32 Å². The van der Waals surface area contributed by atoms with Crippen LogP contribution in [0.3, 0.4) is 0 Å². The molecular formula is C10H18N2O3. The molecule has 1 aliphatic heterocycles. The minimum absolute atomic E-state index is 0.0367. The lowest BCUT2D eigenvalue weighted by atomic mass is 10.2. The number of rotatable bonds is 2. The van der Waals surface area contributed by atoms with E-state index in [1.807, 2.05) is 6.92 Å². The average Bonchev–Trinajstić information content (AvgIpc) is 2.34. The number of ether oxygens (including phenoxy) is 1. The first-order valence-corrected chi connectivity index (χ1v) is 5.13. The summed E-state index contributed by atoms with van der Waals surface area (Å²) >= 11 is 0. The summed E-state index contributed by atoms with van der Waals surface area (Å²) in [7, 11) is 3.10. The maximum absolute atomic E-state index is 11.9. The Hall–Kier alpha value is -1.10. The van der Waals surface area contributed by atoms with Crippen LogP contribution in [0.5, 0.6) is 0 Å². The van der Waals surface area contributed by atoms with E-state index < -0.39 is 6.04 Å². The van der Waals surface area contributed by atoms with Gasteiger partial charge in [0.1, 0.15) is 0 Å². The standard InChI is InChI=1S/C10H18N2O3/c1-7-4-5-11-8(6-9(13)15-3)10(14)12(7)2/h7-8,11H,4-6H2,1-3H3. The lowest BCUT2D eigenvalue weighted by Crippen LogP contribution is -2.45. The van der Waals surface area contributed by atoms with Crippen molar-refractivity contribution in [1.29, 1.82) is 0 Å². The lowest BCUT2D eigenvalue weighted by Gasteiger charge is -2.24. The monoisotopic (exact) mass is 214 g/mol. The zero-order valence-corrected chi connectivity index (χ0v) is 9.45. The van der Waals surface area contributed by atoms with Gasteiger partial charge >= 0.3 is 5.97 Å². The average molecular weight is 214 g/mol. The highest BCUT2D eigenvalue weighted by molar-refractivity contribution is 5.86. The number of amides is 1. The van der Waals surface area contributed by atoms with Crippen molar-refractivity contribution in [1.82, 2.24) is 10.2 Å². The van der Waals surface area contributed by atoms with Crippen molar-refractivity contribution in [3.63, 3.8) is 0 Å². The Labute approximate surface area is 89.8 Å². The van der Waals surface area contributed by atoms with Crippen molar-refractivity contribution < 1.29 is 14.3 Å². The van der Waals surface area contributed by atoms with Gasteiger partial charge in [0, 0.05) is 13.1 Å². The van der Waals surface area contributed by atoms with Crippen LogP contribution in [-0.2, 0) is 14.3 Å². The fraction of sp³-hybridized carbons (Fsp3) is 0.800. The zero-order chi connectivity index (χ0) is 11.4. The van der Waals surface area contributed by atoms with Gasteiger partial charge in [0.05, 0.1) is 19.6 Å². The van der Waals surface area contributed by atoms with E-state index in [0.717, 1.165) is 13.0 Å². The van der Waals surface area contributed by atoms with Crippen molar-refractivity contribution in [2.75, 3.05) is 20.7 Å². The summed E-state index contributed by atoms with van der Waals surface area (Å²) in [5.74, 6) is -0.394. The van der Waals surface area contributed by atoms with E-state index in [-0.39, 0.29) is 24.3 Å². The minimum Gasteiger partial charge on any atom is -0.469 e. The van der Waals surface area contributed by atoms with Gasteiger partial charge in [-0.15, -0.1) is 0 Å². The molecule has 86 valence electrons. The zero-order valence-electron chi connectivity index (χ0n) is 9.45. The van der Waals surface area contributed by atoms with E-state index >= 15 is 0 Å². The second-order valence-electron chi connectivity index (χ2n) is 3.87. The van der Waals surface area contributed by atoms with Gasteiger partial charge in [0.25, 0.3) is 0 Å². The summed E-state index contributed by atoms with van der Waals surface area (Å²) in [6.07, 6.45) is 1.01. The van der Waals surface area contributed by atoms with E-state index in [1.54, 1.807) is 11.9 Å². The first-order valence-electron chi connectivity index (χ1n) is 5.13. The number of nitrogens with one attached hydrogen (secondary N) is 1. The Balaban J connectivity index is 2.64. The summed E-state index contributed by atoms with van der Waals surface area (Å²) in [6.45, 7) is 2.75. The molecule has 2 atom stereocenters. The maximum atomic E-state index is 11.9. The highest BCUT2D eigenvalue weighted by Gasteiger charge is 2.29. The topological polar surface area (TPSA) is 58.6 Å². The van der Waals surface area contributed by atoms with Crippen LogP contribution in [0, 0.1) is 0 Å². The molecule has 0 aromatic carbocycles. The molecule has 2 unspecified atom stereocenters. The molecule has 0 radical (unpaired) electrons. The Kier molecular flexibility index (Phi) is 4.08. The largest absolute Gasteiger partial charge is 0.469 e. The van der Waals surface area contributed by atoms with Gasteiger partial charge in [0.2, 0.25) is 5.91 Å². The Morgan fingerprint density at radius 2 is 2.33 bits per heavy atom. The molecule has 0 aromatic heterocycles. The number of carbonyl (C=O) groups is 2. The highest BCUT2D eigenvalue weighted by atomic mass is 16.5. The SMILES string of the molecule is COC(=O)CC1NCCC(C)N(C)C1=O. The van der Waals surface area contributed by atoms with Gasteiger partial charge in [-0.1, -0.05) is 0 Å². The summed E-state index contributed by atoms with van der Waals surface area (Å²) in [5, 5.41) is 3.07. The summed E-state index contributed by atoms with van der Waals surface area (Å²) in [5.41, 5.74) is 0. The minimum atomic E-state index is -0.438. The van der Waals surface area contributed by atoms with Crippen LogP contribution in [0.1, 0.15) is 19.8 Å². The van der Waals surface area contributed by atoms with E-state index in [0.29, 0.717) is 0 Å². The molecule has 0 saturated carbocycles. The van der Waals surface area contributed by atoms with E-state index in [2.05, 4.69) is 10.1 Å². The molecule has 1 fully saturated rings. The second-order valence-corrected chi connectivity index (χ2v) is 3.87. The van der Waals surface area contributed by atoms with E-state index in [4.69, 9.17) is 0 Å². The first-order chi connectivity index (χ1) is 7.06. The van der Waals surface area contributed by atoms with Gasteiger partial charge in [0.15, 0.2) is 0 Å². The molecule has 0 aromatic rings. The van der Waals surface area contributed by atoms with Crippen LogP contribution in [0.4, 0.5) is 0 Å². The van der Waals surface area contributed by atoms with Gasteiger partial charge in [-0.25, -0.2) is 0 Å². The lowest BCUT2D eigenvalue weighted by molar-refractivity contribution is -0.144. The number of hydrogen-bond acceptors (Lipinski definition) is 4. The molecule has 1 saturated heterocycles. The third kappa shape index (κ3) is 2.92. The third-order valence-electron chi connectivity index (χ3n) is 2.86. The van der Waals surface area contributed by atoms with Crippen LogP contribution >= 0.6 is 0 Å². The first kappa shape index (κ1) is 12.0.